The third-order valence-corrected chi connectivity index (χ3v) is 3.17. The molecule has 0 radical (unpaired) electrons. The highest BCUT2D eigenvalue weighted by Crippen LogP contribution is 2.20. The van der Waals surface area contributed by atoms with E-state index in [4.69, 9.17) is 14.2 Å². The second kappa shape index (κ2) is 8.84. The molecule has 6 nitrogen and oxygen atoms in total. The highest BCUT2D eigenvalue weighted by molar-refractivity contribution is 5.82. The van der Waals surface area contributed by atoms with Gasteiger partial charge in [-0.1, -0.05) is 12.1 Å². The number of esters is 1. The van der Waals surface area contributed by atoms with Crippen LogP contribution < -0.4 is 10.1 Å². The minimum atomic E-state index is -0.858. The Labute approximate surface area is 168 Å². The van der Waals surface area contributed by atoms with E-state index in [0.29, 0.717) is 0 Å². The van der Waals surface area contributed by atoms with Gasteiger partial charge in [-0.15, -0.1) is 0 Å². The Morgan fingerprint density at radius 1 is 0.821 bits per heavy atom. The van der Waals surface area contributed by atoms with Crippen molar-refractivity contribution in [2.45, 2.75) is 91.6 Å². The Morgan fingerprint density at radius 2 is 1.32 bits per heavy atom. The number of carbonyl (C=O) groups excluding carboxylic acids is 2. The lowest BCUT2D eigenvalue weighted by Crippen LogP contribution is -2.47. The summed E-state index contributed by atoms with van der Waals surface area (Å²) in [6.07, 6.45) is -0.375. The minimum absolute atomic E-state index is 0.282. The van der Waals surface area contributed by atoms with Crippen LogP contribution in [-0.4, -0.2) is 34.9 Å². The van der Waals surface area contributed by atoms with Crippen LogP contribution in [-0.2, 0) is 20.7 Å². The normalized spacial score (nSPS) is 13.5. The molecular weight excluding hydrogens is 358 g/mol. The summed E-state index contributed by atoms with van der Waals surface area (Å²) >= 11 is 0. The van der Waals surface area contributed by atoms with Gasteiger partial charge in [-0.25, -0.2) is 9.59 Å². The standard InChI is InChI=1S/C22H35NO5/c1-20(2,3)26-16-12-10-15(11-13-16)14-17(18(24)27-21(4,5)6)23-19(25)28-22(7,8)9/h10-13,17H,14H2,1-9H3,(H,23,25)/t17-/m0/s1. The largest absolute Gasteiger partial charge is 0.488 e. The molecule has 1 atom stereocenters. The summed E-state index contributed by atoms with van der Waals surface area (Å²) in [5.74, 6) is 0.235. The number of hydrogen-bond acceptors (Lipinski definition) is 5. The molecule has 1 N–H and O–H groups in total. The molecule has 0 aliphatic rings. The lowest BCUT2D eigenvalue weighted by atomic mass is 10.1. The average molecular weight is 394 g/mol. The first-order valence-corrected chi connectivity index (χ1v) is 9.54. The molecule has 6 heteroatoms. The molecule has 1 aromatic rings. The fourth-order valence-corrected chi connectivity index (χ4v) is 2.30. The van der Waals surface area contributed by atoms with Crippen molar-refractivity contribution < 1.29 is 23.8 Å². The molecule has 28 heavy (non-hydrogen) atoms. The fraction of sp³-hybridized carbons (Fsp3) is 0.636. The number of amides is 1. The SMILES string of the molecule is CC(C)(C)OC(=O)N[C@@H](Cc1ccc(OC(C)(C)C)cc1)C(=O)OC(C)(C)C. The van der Waals surface area contributed by atoms with Gasteiger partial charge in [-0.3, -0.25) is 0 Å². The topological polar surface area (TPSA) is 73.9 Å². The van der Waals surface area contributed by atoms with Gasteiger partial charge in [0.15, 0.2) is 0 Å². The number of carbonyl (C=O) groups is 2. The molecule has 158 valence electrons. The molecule has 0 saturated heterocycles. The zero-order valence-corrected chi connectivity index (χ0v) is 18.6. The fourth-order valence-electron chi connectivity index (χ4n) is 2.30. The zero-order chi connectivity index (χ0) is 21.8. The van der Waals surface area contributed by atoms with Gasteiger partial charge in [0.2, 0.25) is 0 Å². The summed E-state index contributed by atoms with van der Waals surface area (Å²) in [6, 6.07) is 6.58. The van der Waals surface area contributed by atoms with Crippen LogP contribution in [0.25, 0.3) is 0 Å². The van der Waals surface area contributed by atoms with E-state index in [1.54, 1.807) is 41.5 Å². The van der Waals surface area contributed by atoms with Gasteiger partial charge in [-0.05, 0) is 80.0 Å². The average Bonchev–Trinajstić information content (AvgIpc) is 2.43. The predicted molar refractivity (Wildman–Crippen MR) is 110 cm³/mol. The van der Waals surface area contributed by atoms with Crippen molar-refractivity contribution in [2.24, 2.45) is 0 Å². The summed E-state index contributed by atoms with van der Waals surface area (Å²) in [4.78, 5) is 24.8. The Balaban J connectivity index is 2.92. The number of alkyl carbamates (subject to hydrolysis) is 1. The minimum Gasteiger partial charge on any atom is -0.488 e. The smallest absolute Gasteiger partial charge is 0.408 e. The van der Waals surface area contributed by atoms with Crippen LogP contribution in [0.4, 0.5) is 4.79 Å². The van der Waals surface area contributed by atoms with E-state index >= 15 is 0 Å². The molecule has 1 rings (SSSR count). The van der Waals surface area contributed by atoms with E-state index < -0.39 is 29.3 Å². The van der Waals surface area contributed by atoms with Crippen molar-refractivity contribution in [3.8, 4) is 5.75 Å². The number of rotatable bonds is 5. The van der Waals surface area contributed by atoms with Gasteiger partial charge < -0.3 is 19.5 Å². The van der Waals surface area contributed by atoms with E-state index in [-0.39, 0.29) is 12.0 Å². The molecule has 0 saturated carbocycles. The van der Waals surface area contributed by atoms with Crippen molar-refractivity contribution >= 4 is 12.1 Å². The third-order valence-electron chi connectivity index (χ3n) is 3.17. The zero-order valence-electron chi connectivity index (χ0n) is 18.6. The van der Waals surface area contributed by atoms with E-state index in [2.05, 4.69) is 5.32 Å². The molecule has 0 unspecified atom stereocenters. The van der Waals surface area contributed by atoms with E-state index in [1.165, 1.54) is 0 Å². The lowest BCUT2D eigenvalue weighted by molar-refractivity contribution is -0.157. The van der Waals surface area contributed by atoms with E-state index in [9.17, 15) is 9.59 Å². The summed E-state index contributed by atoms with van der Waals surface area (Å²) in [6.45, 7) is 16.6. The van der Waals surface area contributed by atoms with E-state index in [1.807, 2.05) is 45.0 Å². The van der Waals surface area contributed by atoms with Crippen molar-refractivity contribution in [2.75, 3.05) is 0 Å². The Bertz CT molecular complexity index is 660. The van der Waals surface area contributed by atoms with Crippen molar-refractivity contribution in [3.63, 3.8) is 0 Å². The number of ether oxygens (including phenoxy) is 3. The van der Waals surface area contributed by atoms with Crippen LogP contribution in [0.3, 0.4) is 0 Å². The first-order chi connectivity index (χ1) is 12.5. The highest BCUT2D eigenvalue weighted by atomic mass is 16.6. The Kier molecular flexibility index (Phi) is 7.52. The molecule has 0 spiro atoms. The number of nitrogens with one attached hydrogen (secondary N) is 1. The van der Waals surface area contributed by atoms with Crippen molar-refractivity contribution in [1.29, 1.82) is 0 Å². The highest BCUT2D eigenvalue weighted by Gasteiger charge is 2.29. The summed E-state index contributed by atoms with van der Waals surface area (Å²) in [7, 11) is 0. The second-order valence-electron chi connectivity index (χ2n) is 9.79. The maximum Gasteiger partial charge on any atom is 0.408 e. The number of benzene rings is 1. The summed E-state index contributed by atoms with van der Waals surface area (Å²) < 4.78 is 16.6. The maximum absolute atomic E-state index is 12.6. The van der Waals surface area contributed by atoms with Crippen LogP contribution in [0.1, 0.15) is 67.9 Å². The van der Waals surface area contributed by atoms with Gasteiger partial charge in [0.05, 0.1) is 0 Å². The third kappa shape index (κ3) is 10.2. The maximum atomic E-state index is 12.6. The molecule has 0 fully saturated rings. The van der Waals surface area contributed by atoms with Crippen LogP contribution in [0, 0.1) is 0 Å². The lowest BCUT2D eigenvalue weighted by Gasteiger charge is -2.26. The summed E-state index contributed by atoms with van der Waals surface area (Å²) in [5.41, 5.74) is -0.740. The first-order valence-electron chi connectivity index (χ1n) is 9.54. The van der Waals surface area contributed by atoms with Gasteiger partial charge >= 0.3 is 12.1 Å². The monoisotopic (exact) mass is 393 g/mol. The molecule has 0 heterocycles. The Morgan fingerprint density at radius 3 is 1.75 bits per heavy atom. The van der Waals surface area contributed by atoms with Crippen molar-refractivity contribution in [3.05, 3.63) is 29.8 Å². The Hall–Kier alpha value is -2.24. The molecule has 0 aromatic heterocycles. The molecular formula is C22H35NO5. The molecule has 0 aliphatic heterocycles. The molecule has 1 amide bonds. The van der Waals surface area contributed by atoms with Crippen LogP contribution in [0.15, 0.2) is 24.3 Å². The molecule has 0 aliphatic carbocycles. The van der Waals surface area contributed by atoms with E-state index in [0.717, 1.165) is 11.3 Å². The molecule has 1 aromatic carbocycles. The van der Waals surface area contributed by atoms with Gasteiger partial charge in [-0.2, -0.15) is 0 Å². The van der Waals surface area contributed by atoms with Gasteiger partial charge in [0.25, 0.3) is 0 Å². The van der Waals surface area contributed by atoms with Crippen LogP contribution >= 0.6 is 0 Å². The first kappa shape index (κ1) is 23.8. The molecule has 0 bridgehead atoms. The van der Waals surface area contributed by atoms with Gasteiger partial charge in [0.1, 0.15) is 28.6 Å². The quantitative estimate of drug-likeness (QED) is 0.738. The second-order valence-corrected chi connectivity index (χ2v) is 9.79. The van der Waals surface area contributed by atoms with Crippen LogP contribution in [0.5, 0.6) is 5.75 Å². The number of hydrogen-bond donors (Lipinski definition) is 1. The van der Waals surface area contributed by atoms with Gasteiger partial charge in [0, 0.05) is 6.42 Å². The summed E-state index contributed by atoms with van der Waals surface area (Å²) in [5, 5.41) is 2.63. The predicted octanol–water partition coefficient (Wildman–Crippen LogP) is 4.64. The van der Waals surface area contributed by atoms with Crippen LogP contribution in [0.2, 0.25) is 0 Å². The van der Waals surface area contributed by atoms with Crippen molar-refractivity contribution in [1.82, 2.24) is 5.32 Å².